The molecule has 0 bridgehead atoms. The molecule has 0 aromatic heterocycles. The molecule has 0 saturated heterocycles. The lowest BCUT2D eigenvalue weighted by Crippen LogP contribution is -2.13. The molecule has 0 spiro atoms. The van der Waals surface area contributed by atoms with Gasteiger partial charge in [-0.1, -0.05) is 30.3 Å². The van der Waals surface area contributed by atoms with Crippen LogP contribution < -0.4 is 4.72 Å². The lowest BCUT2D eigenvalue weighted by atomic mass is 10.1. The molecule has 0 radical (unpaired) electrons. The minimum Gasteiger partial charge on any atom is -0.506 e. The minimum atomic E-state index is -4.09. The molecule has 0 fully saturated rings. The number of phenolic OH excluding ortho intramolecular Hbond substituents is 1. The number of aliphatic carboxylic acids is 1. The molecule has 3 rings (SSSR count). The number of anilines is 1. The van der Waals surface area contributed by atoms with Gasteiger partial charge in [0.15, 0.2) is 0 Å². The van der Waals surface area contributed by atoms with Crippen molar-refractivity contribution >= 4 is 44.2 Å². The van der Waals surface area contributed by atoms with Gasteiger partial charge in [-0.15, -0.1) is 11.8 Å². The van der Waals surface area contributed by atoms with Crippen LogP contribution in [-0.4, -0.2) is 30.4 Å². The van der Waals surface area contributed by atoms with Crippen molar-refractivity contribution in [2.75, 3.05) is 10.5 Å². The average Bonchev–Trinajstić information content (AvgIpc) is 2.63. The van der Waals surface area contributed by atoms with E-state index in [0.717, 1.165) is 23.9 Å². The Morgan fingerprint density at radius 3 is 2.44 bits per heavy atom. The Balaban J connectivity index is 2.10. The van der Waals surface area contributed by atoms with Gasteiger partial charge in [-0.25, -0.2) is 12.8 Å². The molecule has 0 unspecified atom stereocenters. The van der Waals surface area contributed by atoms with Crippen molar-refractivity contribution in [2.24, 2.45) is 0 Å². The van der Waals surface area contributed by atoms with Crippen LogP contribution in [0.2, 0.25) is 0 Å². The van der Waals surface area contributed by atoms with E-state index in [1.807, 2.05) is 0 Å². The topological polar surface area (TPSA) is 104 Å². The lowest BCUT2D eigenvalue weighted by molar-refractivity contribution is -0.133. The largest absolute Gasteiger partial charge is 0.506 e. The fourth-order valence-electron chi connectivity index (χ4n) is 2.51. The highest BCUT2D eigenvalue weighted by molar-refractivity contribution is 8.00. The molecule has 0 aliphatic heterocycles. The Morgan fingerprint density at radius 1 is 1.07 bits per heavy atom. The smallest absolute Gasteiger partial charge is 0.313 e. The number of hydrogen-bond donors (Lipinski definition) is 3. The second-order valence-corrected chi connectivity index (χ2v) is 8.26. The van der Waals surface area contributed by atoms with Gasteiger partial charge in [0.1, 0.15) is 11.6 Å². The Morgan fingerprint density at radius 2 is 1.78 bits per heavy atom. The monoisotopic (exact) mass is 407 g/mol. The normalized spacial score (nSPS) is 11.4. The molecule has 3 N–H and O–H groups in total. The van der Waals surface area contributed by atoms with Gasteiger partial charge in [0, 0.05) is 10.8 Å². The zero-order chi connectivity index (χ0) is 19.6. The first-order chi connectivity index (χ1) is 12.8. The van der Waals surface area contributed by atoms with Gasteiger partial charge in [0.2, 0.25) is 0 Å². The fourth-order valence-corrected chi connectivity index (χ4v) is 4.33. The van der Waals surface area contributed by atoms with E-state index < -0.39 is 21.8 Å². The first-order valence-corrected chi connectivity index (χ1v) is 10.1. The van der Waals surface area contributed by atoms with Crippen LogP contribution in [0.5, 0.6) is 5.75 Å². The van der Waals surface area contributed by atoms with Crippen molar-refractivity contribution in [1.29, 1.82) is 0 Å². The predicted octanol–water partition coefficient (Wildman–Crippen LogP) is 3.66. The molecule has 0 heterocycles. The molecule has 9 heteroatoms. The highest BCUT2D eigenvalue weighted by Gasteiger charge is 2.19. The van der Waals surface area contributed by atoms with Crippen LogP contribution in [0.25, 0.3) is 10.8 Å². The van der Waals surface area contributed by atoms with E-state index >= 15 is 0 Å². The van der Waals surface area contributed by atoms with Gasteiger partial charge >= 0.3 is 5.97 Å². The fraction of sp³-hybridized carbons (Fsp3) is 0.0556. The number of carboxylic acid groups (broad SMARTS) is 1. The van der Waals surface area contributed by atoms with Crippen molar-refractivity contribution in [2.45, 2.75) is 9.79 Å². The molecule has 3 aromatic rings. The maximum Gasteiger partial charge on any atom is 0.313 e. The van der Waals surface area contributed by atoms with Crippen molar-refractivity contribution in [3.63, 3.8) is 0 Å². The number of sulfonamides is 1. The first kappa shape index (κ1) is 19.0. The average molecular weight is 407 g/mol. The maximum absolute atomic E-state index is 13.4. The molecule has 0 atom stereocenters. The molecular weight excluding hydrogens is 393 g/mol. The standard InChI is InChI=1S/C18H14FNO5S2/c19-11-4-3-5-12(8-11)27(24,25)20-15-9-16(26-10-17(21)22)18(23)14-7-2-1-6-13(14)15/h1-9,20,23H,10H2,(H,21,22). The maximum atomic E-state index is 13.4. The van der Waals surface area contributed by atoms with Crippen LogP contribution in [0, 0.1) is 5.82 Å². The number of phenols is 1. The number of nitrogens with one attached hydrogen (secondary N) is 1. The van der Waals surface area contributed by atoms with Crippen LogP contribution in [0.3, 0.4) is 0 Å². The molecule has 0 amide bonds. The summed E-state index contributed by atoms with van der Waals surface area (Å²) in [4.78, 5) is 10.8. The zero-order valence-corrected chi connectivity index (χ0v) is 15.3. The van der Waals surface area contributed by atoms with E-state index in [9.17, 15) is 22.7 Å². The van der Waals surface area contributed by atoms with Crippen molar-refractivity contribution in [3.05, 3.63) is 60.4 Å². The van der Waals surface area contributed by atoms with Gasteiger partial charge in [-0.2, -0.15) is 0 Å². The van der Waals surface area contributed by atoms with Gasteiger partial charge in [-0.05, 0) is 24.3 Å². The molecule has 0 aliphatic rings. The van der Waals surface area contributed by atoms with Gasteiger partial charge in [-0.3, -0.25) is 9.52 Å². The van der Waals surface area contributed by atoms with E-state index in [1.54, 1.807) is 24.3 Å². The van der Waals surface area contributed by atoms with Crippen molar-refractivity contribution in [3.8, 4) is 5.75 Å². The number of carbonyl (C=O) groups is 1. The Hall–Kier alpha value is -2.78. The van der Waals surface area contributed by atoms with Crippen LogP contribution in [0.4, 0.5) is 10.1 Å². The quantitative estimate of drug-likeness (QED) is 0.426. The molecule has 0 saturated carbocycles. The SMILES string of the molecule is O=C(O)CSc1cc(NS(=O)(=O)c2cccc(F)c2)c2ccccc2c1O. The summed E-state index contributed by atoms with van der Waals surface area (Å²) in [6.07, 6.45) is 0. The first-order valence-electron chi connectivity index (χ1n) is 7.65. The molecular formula is C18H14FNO5S2. The lowest BCUT2D eigenvalue weighted by Gasteiger charge is -2.14. The van der Waals surface area contributed by atoms with Crippen molar-refractivity contribution in [1.82, 2.24) is 0 Å². The van der Waals surface area contributed by atoms with E-state index in [1.165, 1.54) is 18.2 Å². The molecule has 6 nitrogen and oxygen atoms in total. The minimum absolute atomic E-state index is 0.134. The van der Waals surface area contributed by atoms with Crippen LogP contribution >= 0.6 is 11.8 Å². The van der Waals surface area contributed by atoms with E-state index in [4.69, 9.17) is 5.11 Å². The molecule has 27 heavy (non-hydrogen) atoms. The van der Waals surface area contributed by atoms with Gasteiger partial charge < -0.3 is 10.2 Å². The summed E-state index contributed by atoms with van der Waals surface area (Å²) in [5, 5.41) is 20.0. The van der Waals surface area contributed by atoms with Gasteiger partial charge in [0.05, 0.1) is 21.2 Å². The van der Waals surface area contributed by atoms with Crippen LogP contribution in [-0.2, 0) is 14.8 Å². The third kappa shape index (κ3) is 4.15. The summed E-state index contributed by atoms with van der Waals surface area (Å²) < 4.78 is 41.0. The molecule has 0 aliphatic carbocycles. The number of thioether (sulfide) groups is 1. The van der Waals surface area contributed by atoms with E-state index in [0.29, 0.717) is 10.8 Å². The van der Waals surface area contributed by atoms with E-state index in [2.05, 4.69) is 4.72 Å². The molecule has 140 valence electrons. The van der Waals surface area contributed by atoms with Gasteiger partial charge in [0.25, 0.3) is 10.0 Å². The highest BCUT2D eigenvalue weighted by atomic mass is 32.2. The predicted molar refractivity (Wildman–Crippen MR) is 101 cm³/mol. The summed E-state index contributed by atoms with van der Waals surface area (Å²) in [7, 11) is -4.09. The third-order valence-corrected chi connectivity index (χ3v) is 6.06. The van der Waals surface area contributed by atoms with Crippen LogP contribution in [0.1, 0.15) is 0 Å². The van der Waals surface area contributed by atoms with E-state index in [-0.39, 0.29) is 27.0 Å². The Labute approximate surface area is 158 Å². The highest BCUT2D eigenvalue weighted by Crippen LogP contribution is 2.40. The third-order valence-electron chi connectivity index (χ3n) is 3.68. The summed E-state index contributed by atoms with van der Waals surface area (Å²) in [6, 6.07) is 12.5. The second-order valence-electron chi connectivity index (χ2n) is 5.56. The number of benzene rings is 3. The number of rotatable bonds is 6. The second kappa shape index (κ2) is 7.45. The van der Waals surface area contributed by atoms with Crippen LogP contribution in [0.15, 0.2) is 64.4 Å². The number of hydrogen-bond acceptors (Lipinski definition) is 5. The number of carboxylic acids is 1. The zero-order valence-electron chi connectivity index (χ0n) is 13.7. The molecule has 3 aromatic carbocycles. The summed E-state index contributed by atoms with van der Waals surface area (Å²) in [6.45, 7) is 0. The summed E-state index contributed by atoms with van der Waals surface area (Å²) in [5.41, 5.74) is 0.153. The van der Waals surface area contributed by atoms with Crippen molar-refractivity contribution < 1.29 is 27.8 Å². The number of aromatic hydroxyl groups is 1. The number of fused-ring (bicyclic) bond motifs is 1. The Kier molecular flexibility index (Phi) is 5.24. The Bertz CT molecular complexity index is 1130. The summed E-state index contributed by atoms with van der Waals surface area (Å²) >= 11 is 0.864. The number of halogens is 1. The summed E-state index contributed by atoms with van der Waals surface area (Å²) in [5.74, 6) is -2.20.